The van der Waals surface area contributed by atoms with Crippen molar-refractivity contribution >= 4 is 23.4 Å². The molecule has 0 radical (unpaired) electrons. The molecule has 1 amide bonds. The van der Waals surface area contributed by atoms with Crippen LogP contribution < -0.4 is 10.1 Å². The van der Waals surface area contributed by atoms with E-state index in [1.54, 1.807) is 0 Å². The molecule has 1 aliphatic carbocycles. The zero-order valence-electron chi connectivity index (χ0n) is 18.3. The molecule has 2 aliphatic rings. The number of hydrogen-bond acceptors (Lipinski definition) is 4. The van der Waals surface area contributed by atoms with Gasteiger partial charge in [-0.25, -0.2) is 4.79 Å². The molecule has 6 heteroatoms. The normalized spacial score (nSPS) is 16.7. The number of alkyl carbamates (subject to hydrolysis) is 1. The van der Waals surface area contributed by atoms with Crippen LogP contribution in [0, 0.1) is 0 Å². The Morgan fingerprint density at radius 1 is 1.16 bits per heavy atom. The molecule has 1 heterocycles. The Morgan fingerprint density at radius 2 is 1.90 bits per heavy atom. The van der Waals surface area contributed by atoms with E-state index >= 15 is 0 Å². The summed E-state index contributed by atoms with van der Waals surface area (Å²) in [4.78, 5) is 16.7. The predicted molar refractivity (Wildman–Crippen MR) is 124 cm³/mol. The van der Waals surface area contributed by atoms with Crippen LogP contribution in [0.2, 0.25) is 5.02 Å². The van der Waals surface area contributed by atoms with E-state index in [0.29, 0.717) is 13.2 Å². The van der Waals surface area contributed by atoms with Gasteiger partial charge in [0.25, 0.3) is 0 Å². The smallest absolute Gasteiger partial charge is 0.407 e. The van der Waals surface area contributed by atoms with E-state index in [4.69, 9.17) is 26.1 Å². The van der Waals surface area contributed by atoms with Crippen LogP contribution >= 0.6 is 11.6 Å². The Balaban J connectivity index is 1.44. The molecule has 1 fully saturated rings. The Hall–Kier alpha value is -2.53. The monoisotopic (exact) mass is 440 g/mol. The van der Waals surface area contributed by atoms with Gasteiger partial charge in [-0.1, -0.05) is 29.8 Å². The van der Waals surface area contributed by atoms with Crippen LogP contribution in [0.15, 0.2) is 47.5 Å². The maximum absolute atomic E-state index is 11.8. The maximum atomic E-state index is 11.8. The molecular weight excluding hydrogens is 412 g/mol. The zero-order valence-corrected chi connectivity index (χ0v) is 19.1. The van der Waals surface area contributed by atoms with Gasteiger partial charge < -0.3 is 14.8 Å². The van der Waals surface area contributed by atoms with Crippen molar-refractivity contribution in [3.05, 3.63) is 64.2 Å². The zero-order chi connectivity index (χ0) is 22.1. The van der Waals surface area contributed by atoms with Crippen molar-refractivity contribution in [3.8, 4) is 5.75 Å². The van der Waals surface area contributed by atoms with Gasteiger partial charge in [0.2, 0.25) is 0 Å². The highest BCUT2D eigenvalue weighted by molar-refractivity contribution is 6.30. The average Bonchev–Trinajstić information content (AvgIpc) is 3.52. The van der Waals surface area contributed by atoms with Gasteiger partial charge in [0.15, 0.2) is 0 Å². The molecule has 2 aromatic carbocycles. The third-order valence-electron chi connectivity index (χ3n) is 5.63. The van der Waals surface area contributed by atoms with Gasteiger partial charge in [0.1, 0.15) is 18.0 Å². The minimum absolute atomic E-state index is 0.0172. The minimum atomic E-state index is -0.512. The highest BCUT2D eigenvalue weighted by atomic mass is 35.5. The number of fused-ring (bicyclic) bond motifs is 1. The second-order valence-electron chi connectivity index (χ2n) is 9.17. The lowest BCUT2D eigenvalue weighted by molar-refractivity contribution is 0.0520. The highest BCUT2D eigenvalue weighted by Crippen LogP contribution is 2.52. The fourth-order valence-corrected chi connectivity index (χ4v) is 4.18. The van der Waals surface area contributed by atoms with Crippen LogP contribution in [0.5, 0.6) is 5.75 Å². The number of rotatable bonds is 6. The van der Waals surface area contributed by atoms with E-state index in [2.05, 4.69) is 29.6 Å². The van der Waals surface area contributed by atoms with Gasteiger partial charge in [-0.15, -0.1) is 0 Å². The maximum Gasteiger partial charge on any atom is 0.407 e. The summed E-state index contributed by atoms with van der Waals surface area (Å²) in [6.45, 7) is 7.08. The van der Waals surface area contributed by atoms with Gasteiger partial charge in [0.05, 0.1) is 12.3 Å². The highest BCUT2D eigenvalue weighted by Gasteiger charge is 2.50. The lowest BCUT2D eigenvalue weighted by Gasteiger charge is -2.25. The number of benzene rings is 2. The van der Waals surface area contributed by atoms with E-state index in [-0.39, 0.29) is 5.41 Å². The summed E-state index contributed by atoms with van der Waals surface area (Å²) in [6.07, 6.45) is 2.70. The standard InChI is InChI=1S/C25H29ClN2O3/c1-24(2,3)31-23(29)28-14-15-30-20-9-4-17-10-13-27-22(21(17)16-20)25(11-12-25)18-5-7-19(26)8-6-18/h4-9,16H,10-15H2,1-3H3,(H,28,29). The van der Waals surface area contributed by atoms with Crippen molar-refractivity contribution in [1.29, 1.82) is 0 Å². The Labute approximate surface area is 188 Å². The second-order valence-corrected chi connectivity index (χ2v) is 9.60. The summed E-state index contributed by atoms with van der Waals surface area (Å²) in [7, 11) is 0. The van der Waals surface area contributed by atoms with E-state index < -0.39 is 11.7 Å². The number of aliphatic imine (C=N–C) groups is 1. The van der Waals surface area contributed by atoms with Crippen molar-refractivity contribution in [2.24, 2.45) is 4.99 Å². The molecule has 0 bridgehead atoms. The predicted octanol–water partition coefficient (Wildman–Crippen LogP) is 5.32. The van der Waals surface area contributed by atoms with E-state index in [1.807, 2.05) is 39.0 Å². The summed E-state index contributed by atoms with van der Waals surface area (Å²) >= 11 is 6.10. The molecule has 4 rings (SSSR count). The van der Waals surface area contributed by atoms with Gasteiger partial charge in [-0.3, -0.25) is 4.99 Å². The van der Waals surface area contributed by atoms with Crippen molar-refractivity contribution < 1.29 is 14.3 Å². The van der Waals surface area contributed by atoms with Gasteiger partial charge in [-0.2, -0.15) is 0 Å². The first-order valence-electron chi connectivity index (χ1n) is 10.8. The third-order valence-corrected chi connectivity index (χ3v) is 5.88. The number of carbonyl (C=O) groups is 1. The number of amides is 1. The number of halogens is 1. The molecule has 0 saturated heterocycles. The molecule has 2 aromatic rings. The molecule has 1 saturated carbocycles. The third kappa shape index (κ3) is 5.04. The molecule has 31 heavy (non-hydrogen) atoms. The molecule has 5 nitrogen and oxygen atoms in total. The molecule has 0 aromatic heterocycles. The van der Waals surface area contributed by atoms with E-state index in [0.717, 1.165) is 42.3 Å². The van der Waals surface area contributed by atoms with Gasteiger partial charge in [0, 0.05) is 22.5 Å². The second kappa shape index (κ2) is 8.54. The summed E-state index contributed by atoms with van der Waals surface area (Å²) in [5.41, 5.74) is 4.39. The van der Waals surface area contributed by atoms with Crippen LogP contribution in [-0.4, -0.2) is 37.1 Å². The molecule has 1 N–H and O–H groups in total. The molecule has 1 aliphatic heterocycles. The van der Waals surface area contributed by atoms with Crippen molar-refractivity contribution in [3.63, 3.8) is 0 Å². The summed E-state index contributed by atoms with van der Waals surface area (Å²) in [5.74, 6) is 0.784. The quantitative estimate of drug-likeness (QED) is 0.618. The number of hydrogen-bond donors (Lipinski definition) is 1. The average molecular weight is 441 g/mol. The number of nitrogens with one attached hydrogen (secondary N) is 1. The van der Waals surface area contributed by atoms with Crippen molar-refractivity contribution in [2.75, 3.05) is 19.7 Å². The summed E-state index contributed by atoms with van der Waals surface area (Å²) < 4.78 is 11.2. The number of ether oxygens (including phenoxy) is 2. The molecular formula is C25H29ClN2O3. The fourth-order valence-electron chi connectivity index (χ4n) is 4.06. The first-order valence-corrected chi connectivity index (χ1v) is 11.2. The lowest BCUT2D eigenvalue weighted by atomic mass is 9.83. The van der Waals surface area contributed by atoms with Crippen LogP contribution in [0.4, 0.5) is 4.79 Å². The topological polar surface area (TPSA) is 59.9 Å². The molecule has 0 spiro atoms. The summed E-state index contributed by atoms with van der Waals surface area (Å²) in [6, 6.07) is 14.4. The van der Waals surface area contributed by atoms with Crippen LogP contribution in [0.25, 0.3) is 0 Å². The Morgan fingerprint density at radius 3 is 2.58 bits per heavy atom. The van der Waals surface area contributed by atoms with Crippen molar-refractivity contribution in [2.45, 2.75) is 51.0 Å². The molecule has 0 atom stereocenters. The number of nitrogens with zero attached hydrogens (tertiary/aromatic N) is 1. The first kappa shape index (κ1) is 21.7. The molecule has 0 unspecified atom stereocenters. The van der Waals surface area contributed by atoms with Gasteiger partial charge >= 0.3 is 6.09 Å². The largest absolute Gasteiger partial charge is 0.492 e. The fraction of sp³-hybridized carbons (Fsp3) is 0.440. The van der Waals surface area contributed by atoms with E-state index in [9.17, 15) is 4.79 Å². The van der Waals surface area contributed by atoms with Crippen LogP contribution in [0.1, 0.15) is 50.3 Å². The Bertz CT molecular complexity index is 989. The Kier molecular flexibility index (Phi) is 5.98. The lowest BCUT2D eigenvalue weighted by Crippen LogP contribution is -2.34. The van der Waals surface area contributed by atoms with E-state index in [1.165, 1.54) is 16.7 Å². The van der Waals surface area contributed by atoms with Crippen molar-refractivity contribution in [1.82, 2.24) is 5.32 Å². The number of carbonyl (C=O) groups excluding carboxylic acids is 1. The van der Waals surface area contributed by atoms with Crippen LogP contribution in [0.3, 0.4) is 0 Å². The first-order chi connectivity index (χ1) is 14.8. The minimum Gasteiger partial charge on any atom is -0.492 e. The van der Waals surface area contributed by atoms with Crippen LogP contribution in [-0.2, 0) is 16.6 Å². The van der Waals surface area contributed by atoms with Gasteiger partial charge in [-0.05, 0) is 75.4 Å². The summed E-state index contributed by atoms with van der Waals surface area (Å²) in [5, 5.41) is 3.47. The molecule has 164 valence electrons. The SMILES string of the molecule is CC(C)(C)OC(=O)NCCOc1ccc2c(c1)C(C1(c3ccc(Cl)cc3)CC1)=NCC2.